The van der Waals surface area contributed by atoms with Gasteiger partial charge in [0.1, 0.15) is 11.5 Å². The zero-order valence-corrected chi connectivity index (χ0v) is 24.2. The quantitative estimate of drug-likeness (QED) is 0.463. The summed E-state index contributed by atoms with van der Waals surface area (Å²) >= 11 is 0. The Bertz CT molecular complexity index is 1190. The highest BCUT2D eigenvalue weighted by Crippen LogP contribution is 2.33. The lowest BCUT2D eigenvalue weighted by Gasteiger charge is -2.38. The molecule has 0 saturated carbocycles. The normalized spacial score (nSPS) is 25.8. The van der Waals surface area contributed by atoms with Crippen molar-refractivity contribution < 1.29 is 32.2 Å². The Morgan fingerprint density at radius 1 is 1.10 bits per heavy atom. The van der Waals surface area contributed by atoms with E-state index in [2.05, 4.69) is 20.6 Å². The number of ether oxygens (including phenoxy) is 3. The fraction of sp³-hybridized carbons (Fsp3) is 0.633. The van der Waals surface area contributed by atoms with Gasteiger partial charge in [-0.1, -0.05) is 30.3 Å². The topological polar surface area (TPSA) is 97.8 Å². The third kappa shape index (κ3) is 7.39. The Morgan fingerprint density at radius 2 is 1.86 bits per heavy atom. The van der Waals surface area contributed by atoms with Gasteiger partial charge >= 0.3 is 6.18 Å². The van der Waals surface area contributed by atoms with E-state index in [4.69, 9.17) is 14.2 Å². The van der Waals surface area contributed by atoms with Gasteiger partial charge in [0.25, 0.3) is 5.91 Å². The van der Waals surface area contributed by atoms with Crippen molar-refractivity contribution in [2.45, 2.75) is 82.0 Å². The molecule has 9 nitrogen and oxygen atoms in total. The number of hydrogen-bond acceptors (Lipinski definition) is 8. The fourth-order valence-corrected chi connectivity index (χ4v) is 6.03. The average molecular weight is 592 g/mol. The van der Waals surface area contributed by atoms with Crippen molar-refractivity contribution in [1.29, 1.82) is 0 Å². The number of hydrogen-bond donors (Lipinski definition) is 2. The molecule has 1 aromatic carbocycles. The first kappa shape index (κ1) is 30.7. The van der Waals surface area contributed by atoms with Crippen molar-refractivity contribution in [2.75, 3.05) is 45.3 Å². The number of carbonyl (C=O) groups is 1. The van der Waals surface area contributed by atoms with E-state index >= 15 is 0 Å². The van der Waals surface area contributed by atoms with Gasteiger partial charge in [-0.05, 0) is 51.0 Å². The number of anilines is 1. The van der Waals surface area contributed by atoms with Crippen LogP contribution in [0, 0.1) is 6.92 Å². The first-order chi connectivity index (χ1) is 20.2. The predicted molar refractivity (Wildman–Crippen MR) is 150 cm³/mol. The number of methoxy groups -OCH3 is 1. The highest BCUT2D eigenvalue weighted by Gasteiger charge is 2.38. The molecule has 1 amide bonds. The maximum atomic E-state index is 13.8. The van der Waals surface area contributed by atoms with Crippen molar-refractivity contribution in [2.24, 2.45) is 0 Å². The summed E-state index contributed by atoms with van der Waals surface area (Å²) in [6, 6.07) is 10.3. The van der Waals surface area contributed by atoms with Gasteiger partial charge in [-0.25, -0.2) is 9.97 Å². The van der Waals surface area contributed by atoms with E-state index in [0.717, 1.165) is 31.2 Å². The molecule has 230 valence electrons. The van der Waals surface area contributed by atoms with Gasteiger partial charge in [-0.15, -0.1) is 0 Å². The van der Waals surface area contributed by atoms with Gasteiger partial charge in [-0.2, -0.15) is 13.2 Å². The lowest BCUT2D eigenvalue weighted by molar-refractivity contribution is -0.144. The lowest BCUT2D eigenvalue weighted by atomic mass is 9.98. The van der Waals surface area contributed by atoms with Crippen molar-refractivity contribution in [3.8, 4) is 0 Å². The molecule has 0 radical (unpaired) electrons. The van der Waals surface area contributed by atoms with Gasteiger partial charge in [0.15, 0.2) is 0 Å². The summed E-state index contributed by atoms with van der Waals surface area (Å²) in [6.45, 7) is 3.91. The van der Waals surface area contributed by atoms with Gasteiger partial charge in [0.2, 0.25) is 5.82 Å². The first-order valence-electron chi connectivity index (χ1n) is 14.8. The molecule has 1 aromatic heterocycles. The Morgan fingerprint density at radius 3 is 2.57 bits per heavy atom. The highest BCUT2D eigenvalue weighted by molar-refractivity contribution is 5.94. The molecule has 0 spiro atoms. The number of aromatic nitrogens is 2. The number of piperidine rings is 1. The second-order valence-corrected chi connectivity index (χ2v) is 11.3. The SMILES string of the molecule is CO[C@H]1COCCC1NC1CCN(C(=O)c2nc(C(F)(F)F)nc(NC[C@H]3CCC[C@@H](c4ccccc4)O3)c2C)CC1. The molecule has 12 heteroatoms. The smallest absolute Gasteiger partial charge is 0.379 e. The number of nitrogens with one attached hydrogen (secondary N) is 2. The van der Waals surface area contributed by atoms with E-state index in [0.29, 0.717) is 44.7 Å². The van der Waals surface area contributed by atoms with Gasteiger partial charge in [0.05, 0.1) is 24.9 Å². The van der Waals surface area contributed by atoms with Crippen LogP contribution < -0.4 is 10.6 Å². The average Bonchev–Trinajstić information content (AvgIpc) is 3.01. The summed E-state index contributed by atoms with van der Waals surface area (Å²) in [5.74, 6) is -1.83. The molecule has 1 unspecified atom stereocenters. The molecule has 0 bridgehead atoms. The van der Waals surface area contributed by atoms with Crippen LogP contribution in [0.3, 0.4) is 0 Å². The van der Waals surface area contributed by atoms with Gasteiger partial charge in [-0.3, -0.25) is 4.79 Å². The zero-order valence-electron chi connectivity index (χ0n) is 24.2. The number of carbonyl (C=O) groups excluding carboxylic acids is 1. The molecule has 3 aliphatic heterocycles. The molecule has 5 rings (SSSR count). The summed E-state index contributed by atoms with van der Waals surface area (Å²) in [7, 11) is 1.67. The minimum absolute atomic E-state index is 0.00721. The number of benzene rings is 1. The number of alkyl halides is 3. The third-order valence-corrected chi connectivity index (χ3v) is 8.46. The standard InChI is InChI=1S/C30H40F3N5O4/c1-19-26(28(39)38-14-11-21(12-15-38)35-23-13-16-41-18-25(23)40-2)36-29(30(31,32)33)37-27(19)34-17-22-9-6-10-24(42-22)20-7-4-3-5-8-20/h3-5,7-8,21-25,35H,6,9-18H2,1-2H3,(H,34,36,37)/t22-,23?,24+,25+/m1/s1. The van der Waals surface area contributed by atoms with Crippen molar-refractivity contribution in [3.05, 3.63) is 53.0 Å². The molecule has 3 fully saturated rings. The van der Waals surface area contributed by atoms with Crippen LogP contribution in [0.1, 0.15) is 72.1 Å². The minimum Gasteiger partial charge on any atom is -0.379 e. The summed E-state index contributed by atoms with van der Waals surface area (Å²) in [5.41, 5.74) is 1.16. The molecule has 2 N–H and O–H groups in total. The Kier molecular flexibility index (Phi) is 9.97. The summed E-state index contributed by atoms with van der Waals surface area (Å²) in [5, 5.41) is 6.68. The molecule has 0 aliphatic carbocycles. The molecule has 4 atom stereocenters. The van der Waals surface area contributed by atoms with Crippen LogP contribution >= 0.6 is 0 Å². The maximum absolute atomic E-state index is 13.8. The Labute approximate surface area is 244 Å². The van der Waals surface area contributed by atoms with Crippen molar-refractivity contribution >= 4 is 11.7 Å². The van der Waals surface area contributed by atoms with Crippen LogP contribution in [-0.2, 0) is 20.4 Å². The van der Waals surface area contributed by atoms with E-state index in [9.17, 15) is 18.0 Å². The van der Waals surface area contributed by atoms with E-state index in [-0.39, 0.29) is 48.5 Å². The summed E-state index contributed by atoms with van der Waals surface area (Å²) < 4.78 is 58.8. The number of likely N-dealkylation sites (tertiary alicyclic amines) is 1. The Hall–Kier alpha value is -2.80. The minimum atomic E-state index is -4.79. The van der Waals surface area contributed by atoms with Crippen LogP contribution in [0.2, 0.25) is 0 Å². The zero-order chi connectivity index (χ0) is 29.7. The lowest BCUT2D eigenvalue weighted by Crippen LogP contribution is -2.54. The van der Waals surface area contributed by atoms with Crippen LogP contribution in [0.15, 0.2) is 30.3 Å². The molecule has 42 heavy (non-hydrogen) atoms. The number of amides is 1. The molecule has 4 heterocycles. The maximum Gasteiger partial charge on any atom is 0.451 e. The van der Waals surface area contributed by atoms with E-state index < -0.39 is 17.9 Å². The highest BCUT2D eigenvalue weighted by atomic mass is 19.4. The van der Waals surface area contributed by atoms with Crippen molar-refractivity contribution in [1.82, 2.24) is 20.2 Å². The Balaban J connectivity index is 1.24. The largest absolute Gasteiger partial charge is 0.451 e. The number of halogens is 3. The van der Waals surface area contributed by atoms with E-state index in [1.54, 1.807) is 18.9 Å². The second kappa shape index (κ2) is 13.7. The molecular weight excluding hydrogens is 551 g/mol. The second-order valence-electron chi connectivity index (χ2n) is 11.3. The molecule has 3 saturated heterocycles. The molecule has 3 aliphatic rings. The van der Waals surface area contributed by atoms with Crippen LogP contribution in [0.5, 0.6) is 0 Å². The van der Waals surface area contributed by atoms with Crippen LogP contribution in [0.4, 0.5) is 19.0 Å². The van der Waals surface area contributed by atoms with Crippen LogP contribution in [0.25, 0.3) is 0 Å². The summed E-state index contributed by atoms with van der Waals surface area (Å²) in [4.78, 5) is 22.6. The summed E-state index contributed by atoms with van der Waals surface area (Å²) in [6.07, 6.45) is -0.278. The first-order valence-corrected chi connectivity index (χ1v) is 14.8. The molecular formula is C30H40F3N5O4. The molecule has 2 aromatic rings. The predicted octanol–water partition coefficient (Wildman–Crippen LogP) is 4.52. The van der Waals surface area contributed by atoms with E-state index in [1.807, 2.05) is 30.3 Å². The fourth-order valence-electron chi connectivity index (χ4n) is 6.03. The van der Waals surface area contributed by atoms with Crippen molar-refractivity contribution in [3.63, 3.8) is 0 Å². The third-order valence-electron chi connectivity index (χ3n) is 8.46. The van der Waals surface area contributed by atoms with Crippen LogP contribution in [-0.4, -0.2) is 85.0 Å². The van der Waals surface area contributed by atoms with E-state index in [1.165, 1.54) is 0 Å². The van der Waals surface area contributed by atoms with Gasteiger partial charge < -0.3 is 29.7 Å². The number of rotatable bonds is 8. The monoisotopic (exact) mass is 591 g/mol. The van der Waals surface area contributed by atoms with Gasteiger partial charge in [0, 0.05) is 51.0 Å². The number of nitrogens with zero attached hydrogens (tertiary/aromatic N) is 3.